The lowest BCUT2D eigenvalue weighted by Crippen LogP contribution is -2.42. The van der Waals surface area contributed by atoms with Gasteiger partial charge in [-0.05, 0) is 23.7 Å². The fourth-order valence-electron chi connectivity index (χ4n) is 1.65. The van der Waals surface area contributed by atoms with Crippen LogP contribution in [0, 0.1) is 6.57 Å². The van der Waals surface area contributed by atoms with Gasteiger partial charge in [-0.15, -0.1) is 0 Å². The first-order valence-corrected chi connectivity index (χ1v) is 12.1. The average Bonchev–Trinajstić information content (AvgIpc) is 2.41. The van der Waals surface area contributed by atoms with Crippen molar-refractivity contribution in [2.75, 3.05) is 12.9 Å². The van der Waals surface area contributed by atoms with Crippen LogP contribution in [-0.2, 0) is 18.7 Å². The molecule has 0 spiro atoms. The molecule has 0 aliphatic rings. The fraction of sp³-hybridized carbons (Fsp3) is 0.562. The van der Waals surface area contributed by atoms with Crippen LogP contribution in [0.5, 0.6) is 0 Å². The van der Waals surface area contributed by atoms with E-state index >= 15 is 0 Å². The second-order valence-electron chi connectivity index (χ2n) is 7.06. The van der Waals surface area contributed by atoms with Gasteiger partial charge in [-0.2, -0.15) is 8.42 Å². The van der Waals surface area contributed by atoms with E-state index in [0.717, 1.165) is 6.26 Å². The van der Waals surface area contributed by atoms with Crippen LogP contribution in [0.15, 0.2) is 24.3 Å². The molecule has 0 saturated heterocycles. The van der Waals surface area contributed by atoms with Crippen LogP contribution in [0.2, 0.25) is 18.1 Å². The fourth-order valence-corrected chi connectivity index (χ4v) is 3.24. The average molecular weight is 356 g/mol. The summed E-state index contributed by atoms with van der Waals surface area (Å²) in [4.78, 5) is 3.33. The summed E-state index contributed by atoms with van der Waals surface area (Å²) in [7, 11) is -5.63. The van der Waals surface area contributed by atoms with Crippen LogP contribution in [0.4, 0.5) is 5.69 Å². The number of nitrogens with zero attached hydrogens (tertiary/aromatic N) is 1. The van der Waals surface area contributed by atoms with E-state index in [1.54, 1.807) is 24.3 Å². The van der Waals surface area contributed by atoms with E-state index in [1.807, 2.05) is 0 Å². The summed E-state index contributed by atoms with van der Waals surface area (Å²) in [5, 5.41) is 0.0244. The Kier molecular flexibility index (Phi) is 6.16. The molecule has 0 N–H and O–H groups in total. The lowest BCUT2D eigenvalue weighted by molar-refractivity contribution is 0.127. The molecule has 0 heterocycles. The van der Waals surface area contributed by atoms with Gasteiger partial charge in [0.1, 0.15) is 6.10 Å². The molecule has 1 aromatic rings. The van der Waals surface area contributed by atoms with Gasteiger partial charge in [-0.3, -0.25) is 4.18 Å². The predicted octanol–water partition coefficient (Wildman–Crippen LogP) is 4.28. The zero-order valence-electron chi connectivity index (χ0n) is 14.6. The van der Waals surface area contributed by atoms with Crippen molar-refractivity contribution in [3.63, 3.8) is 0 Å². The van der Waals surface area contributed by atoms with Gasteiger partial charge >= 0.3 is 0 Å². The second kappa shape index (κ2) is 7.14. The maximum absolute atomic E-state index is 11.5. The summed E-state index contributed by atoms with van der Waals surface area (Å²) in [6, 6.07) is 6.71. The number of rotatable bonds is 6. The van der Waals surface area contributed by atoms with Gasteiger partial charge in [-0.1, -0.05) is 45.0 Å². The van der Waals surface area contributed by atoms with E-state index in [4.69, 9.17) is 15.2 Å². The van der Waals surface area contributed by atoms with Crippen molar-refractivity contribution < 1.29 is 17.0 Å². The normalized spacial score (nSPS) is 14.3. The highest BCUT2D eigenvalue weighted by Gasteiger charge is 2.38. The van der Waals surface area contributed by atoms with Crippen molar-refractivity contribution in [2.24, 2.45) is 0 Å². The van der Waals surface area contributed by atoms with E-state index in [0.29, 0.717) is 11.3 Å². The molecule has 0 aliphatic carbocycles. The lowest BCUT2D eigenvalue weighted by atomic mass is 10.1. The quantitative estimate of drug-likeness (QED) is 0.434. The minimum Gasteiger partial charge on any atom is -0.414 e. The monoisotopic (exact) mass is 355 g/mol. The molecule has 7 heteroatoms. The highest BCUT2D eigenvalue weighted by Crippen LogP contribution is 2.37. The summed E-state index contributed by atoms with van der Waals surface area (Å²) in [6.45, 7) is 17.7. The van der Waals surface area contributed by atoms with Crippen molar-refractivity contribution >= 4 is 24.1 Å². The molecule has 1 aromatic carbocycles. The minimum atomic E-state index is -3.62. The van der Waals surface area contributed by atoms with Crippen molar-refractivity contribution in [3.05, 3.63) is 41.2 Å². The molecule has 0 aromatic heterocycles. The Labute approximate surface area is 140 Å². The van der Waals surface area contributed by atoms with Crippen LogP contribution in [-0.4, -0.2) is 29.6 Å². The highest BCUT2D eigenvalue weighted by molar-refractivity contribution is 7.86. The van der Waals surface area contributed by atoms with E-state index in [-0.39, 0.29) is 11.6 Å². The number of hydrogen-bond donors (Lipinski definition) is 0. The zero-order chi connectivity index (χ0) is 17.9. The van der Waals surface area contributed by atoms with Gasteiger partial charge in [0.2, 0.25) is 0 Å². The van der Waals surface area contributed by atoms with E-state index in [1.165, 1.54) is 0 Å². The molecule has 0 bridgehead atoms. The highest BCUT2D eigenvalue weighted by atomic mass is 32.2. The molecule has 0 saturated carbocycles. The van der Waals surface area contributed by atoms with Gasteiger partial charge in [0.15, 0.2) is 14.0 Å². The van der Waals surface area contributed by atoms with Gasteiger partial charge in [0.05, 0.1) is 19.4 Å². The van der Waals surface area contributed by atoms with Crippen LogP contribution >= 0.6 is 0 Å². The molecule has 1 atom stereocenters. The van der Waals surface area contributed by atoms with Crippen LogP contribution in [0.3, 0.4) is 0 Å². The van der Waals surface area contributed by atoms with Gasteiger partial charge in [0, 0.05) is 0 Å². The van der Waals surface area contributed by atoms with Crippen molar-refractivity contribution in [2.45, 2.75) is 45.0 Å². The molecular weight excluding hydrogens is 330 g/mol. The van der Waals surface area contributed by atoms with Crippen LogP contribution in [0.25, 0.3) is 4.85 Å². The first kappa shape index (κ1) is 19.8. The lowest BCUT2D eigenvalue weighted by Gasteiger charge is -2.37. The van der Waals surface area contributed by atoms with Crippen molar-refractivity contribution in [3.8, 4) is 0 Å². The maximum atomic E-state index is 11.5. The zero-order valence-corrected chi connectivity index (χ0v) is 16.4. The third-order valence-electron chi connectivity index (χ3n) is 4.09. The second-order valence-corrected chi connectivity index (χ2v) is 13.5. The molecule has 0 amide bonds. The number of hydrogen-bond acceptors (Lipinski definition) is 4. The van der Waals surface area contributed by atoms with Crippen molar-refractivity contribution in [1.82, 2.24) is 0 Å². The largest absolute Gasteiger partial charge is 0.414 e. The van der Waals surface area contributed by atoms with Gasteiger partial charge in [-0.25, -0.2) is 4.85 Å². The summed E-state index contributed by atoms with van der Waals surface area (Å²) >= 11 is 0. The SMILES string of the molecule is [C-]#[N+]c1ccc([C@H](CO[Si](C)(C)C(C)(C)C)OS(C)(=O)=O)cc1. The van der Waals surface area contributed by atoms with Gasteiger partial charge in [0.25, 0.3) is 10.1 Å². The Morgan fingerprint density at radius 2 is 1.74 bits per heavy atom. The maximum Gasteiger partial charge on any atom is 0.265 e. The Bertz CT molecular complexity index is 670. The first-order chi connectivity index (χ1) is 10.4. The van der Waals surface area contributed by atoms with E-state index < -0.39 is 24.5 Å². The summed E-state index contributed by atoms with van der Waals surface area (Å²) in [5.74, 6) is 0. The molecule has 0 radical (unpaired) electrons. The Balaban J connectivity index is 3.00. The Morgan fingerprint density at radius 3 is 2.13 bits per heavy atom. The van der Waals surface area contributed by atoms with Gasteiger partial charge < -0.3 is 4.43 Å². The summed E-state index contributed by atoms with van der Waals surface area (Å²) in [6.07, 6.45) is 0.318. The molecule has 0 unspecified atom stereocenters. The van der Waals surface area contributed by atoms with E-state index in [9.17, 15) is 8.42 Å². The topological polar surface area (TPSA) is 57.0 Å². The van der Waals surface area contributed by atoms with E-state index in [2.05, 4.69) is 38.7 Å². The molecule has 1 rings (SSSR count). The molecule has 0 aliphatic heterocycles. The number of benzene rings is 1. The standard InChI is InChI=1S/C16H25NO4SSi/c1-16(2,3)23(6,7)20-12-15(21-22(5,18)19)13-8-10-14(17-4)11-9-13/h8-11,15H,12H2,1-3,5-7H3/t15-/m0/s1. The van der Waals surface area contributed by atoms with Crippen LogP contribution in [0.1, 0.15) is 32.4 Å². The minimum absolute atomic E-state index is 0.0244. The third-order valence-corrected chi connectivity index (χ3v) is 9.17. The Hall–Kier alpha value is -1.20. The Morgan fingerprint density at radius 1 is 1.22 bits per heavy atom. The third kappa shape index (κ3) is 6.07. The molecular formula is C16H25NO4SSi. The smallest absolute Gasteiger partial charge is 0.265 e. The predicted molar refractivity (Wildman–Crippen MR) is 94.5 cm³/mol. The first-order valence-electron chi connectivity index (χ1n) is 7.35. The van der Waals surface area contributed by atoms with Crippen molar-refractivity contribution in [1.29, 1.82) is 0 Å². The van der Waals surface area contributed by atoms with Crippen LogP contribution < -0.4 is 0 Å². The molecule has 5 nitrogen and oxygen atoms in total. The summed E-state index contributed by atoms with van der Waals surface area (Å²) < 4.78 is 34.4. The molecule has 23 heavy (non-hydrogen) atoms. The molecule has 128 valence electrons. The molecule has 0 fully saturated rings. The summed E-state index contributed by atoms with van der Waals surface area (Å²) in [5.41, 5.74) is 1.18.